The van der Waals surface area contributed by atoms with Crippen molar-refractivity contribution in [2.45, 2.75) is 6.04 Å². The number of carboxylic acid groups (broad SMARTS) is 1. The lowest BCUT2D eigenvalue weighted by Gasteiger charge is -2.44. The van der Waals surface area contributed by atoms with Gasteiger partial charge in [0.25, 0.3) is 0 Å². The number of aliphatic carboxylic acids is 1. The third kappa shape index (κ3) is 1.91. The third-order valence-corrected chi connectivity index (χ3v) is 4.27. The number of fused-ring (bicyclic) bond motifs is 2. The van der Waals surface area contributed by atoms with Crippen LogP contribution in [0.1, 0.15) is 17.2 Å². The predicted molar refractivity (Wildman–Crippen MR) is 77.5 cm³/mol. The average molecular weight is 281 g/mol. The van der Waals surface area contributed by atoms with E-state index in [0.717, 1.165) is 22.6 Å². The third-order valence-electron chi connectivity index (χ3n) is 4.27. The number of ether oxygens (including phenoxy) is 1. The quantitative estimate of drug-likeness (QED) is 0.919. The molecule has 2 aliphatic heterocycles. The zero-order valence-corrected chi connectivity index (χ0v) is 11.4. The zero-order valence-electron chi connectivity index (χ0n) is 11.4. The van der Waals surface area contributed by atoms with E-state index in [-0.39, 0.29) is 12.0 Å². The number of carbonyl (C=O) groups is 1. The minimum atomic E-state index is -0.708. The first-order chi connectivity index (χ1) is 10.2. The highest BCUT2D eigenvalue weighted by atomic mass is 16.5. The molecule has 0 bridgehead atoms. The van der Waals surface area contributed by atoms with Crippen LogP contribution in [0.3, 0.4) is 0 Å². The Hall–Kier alpha value is -2.33. The second kappa shape index (κ2) is 4.60. The van der Waals surface area contributed by atoms with E-state index in [1.165, 1.54) is 0 Å². The summed E-state index contributed by atoms with van der Waals surface area (Å²) in [6.07, 6.45) is 0. The molecule has 0 radical (unpaired) electrons. The van der Waals surface area contributed by atoms with Crippen LogP contribution in [0.15, 0.2) is 48.5 Å². The fourth-order valence-corrected chi connectivity index (χ4v) is 3.16. The molecular formula is C17H15NO3. The number of hydrogen-bond acceptors (Lipinski definition) is 3. The van der Waals surface area contributed by atoms with E-state index in [1.807, 2.05) is 36.4 Å². The molecular weight excluding hydrogens is 266 g/mol. The highest BCUT2D eigenvalue weighted by molar-refractivity contribution is 5.71. The molecule has 0 aliphatic carbocycles. The summed E-state index contributed by atoms with van der Waals surface area (Å²) in [5, 5.41) is 9.09. The van der Waals surface area contributed by atoms with E-state index in [0.29, 0.717) is 13.1 Å². The number of nitrogens with zero attached hydrogens (tertiary/aromatic N) is 1. The number of rotatable bonds is 2. The van der Waals surface area contributed by atoms with Crippen molar-refractivity contribution >= 4 is 5.97 Å². The van der Waals surface area contributed by atoms with Crippen LogP contribution in [0, 0.1) is 5.92 Å². The topological polar surface area (TPSA) is 49.8 Å². The van der Waals surface area contributed by atoms with Gasteiger partial charge < -0.3 is 9.84 Å². The van der Waals surface area contributed by atoms with E-state index in [1.54, 1.807) is 0 Å². The molecule has 0 unspecified atom stereocenters. The molecule has 2 aromatic rings. The molecule has 1 saturated heterocycles. The maximum absolute atomic E-state index is 11.0. The Kier molecular flexibility index (Phi) is 2.72. The lowest BCUT2D eigenvalue weighted by Crippen LogP contribution is -2.52. The van der Waals surface area contributed by atoms with Crippen LogP contribution >= 0.6 is 0 Å². The van der Waals surface area contributed by atoms with Gasteiger partial charge in [0.1, 0.15) is 11.5 Å². The molecule has 0 spiro atoms. The summed E-state index contributed by atoms with van der Waals surface area (Å²) in [6.45, 7) is 1.17. The SMILES string of the molecule is O=C(O)C1CN(C2c3ccccc3Oc3ccccc32)C1. The van der Waals surface area contributed by atoms with Gasteiger partial charge in [-0.15, -0.1) is 0 Å². The van der Waals surface area contributed by atoms with E-state index >= 15 is 0 Å². The molecule has 4 nitrogen and oxygen atoms in total. The highest BCUT2D eigenvalue weighted by Crippen LogP contribution is 2.47. The fraction of sp³-hybridized carbons (Fsp3) is 0.235. The van der Waals surface area contributed by atoms with Crippen molar-refractivity contribution in [1.82, 2.24) is 4.90 Å². The molecule has 2 aliphatic rings. The summed E-state index contributed by atoms with van der Waals surface area (Å²) in [5.74, 6) is 0.756. The van der Waals surface area contributed by atoms with E-state index < -0.39 is 5.97 Å². The van der Waals surface area contributed by atoms with Crippen LogP contribution in [0.25, 0.3) is 0 Å². The smallest absolute Gasteiger partial charge is 0.309 e. The number of likely N-dealkylation sites (tertiary alicyclic amines) is 1. The van der Waals surface area contributed by atoms with Gasteiger partial charge in [0.2, 0.25) is 0 Å². The van der Waals surface area contributed by atoms with Gasteiger partial charge in [0.05, 0.1) is 12.0 Å². The average Bonchev–Trinajstić information content (AvgIpc) is 2.44. The molecule has 2 aromatic carbocycles. The van der Waals surface area contributed by atoms with Crippen molar-refractivity contribution in [1.29, 1.82) is 0 Å². The molecule has 0 atom stereocenters. The van der Waals surface area contributed by atoms with Crippen molar-refractivity contribution in [3.63, 3.8) is 0 Å². The van der Waals surface area contributed by atoms with Gasteiger partial charge in [-0.05, 0) is 12.1 Å². The highest BCUT2D eigenvalue weighted by Gasteiger charge is 2.41. The molecule has 0 amide bonds. The molecule has 0 saturated carbocycles. The Morgan fingerprint density at radius 2 is 1.52 bits per heavy atom. The summed E-state index contributed by atoms with van der Waals surface area (Å²) in [5.41, 5.74) is 2.22. The van der Waals surface area contributed by atoms with Crippen LogP contribution in [0.2, 0.25) is 0 Å². The first kappa shape index (κ1) is 12.4. The van der Waals surface area contributed by atoms with Crippen molar-refractivity contribution in [3.8, 4) is 11.5 Å². The van der Waals surface area contributed by atoms with Gasteiger partial charge in [-0.25, -0.2) is 0 Å². The summed E-state index contributed by atoms with van der Waals surface area (Å²) in [7, 11) is 0. The Bertz CT molecular complexity index is 661. The summed E-state index contributed by atoms with van der Waals surface area (Å²) < 4.78 is 5.96. The predicted octanol–water partition coefficient (Wildman–Crippen LogP) is 2.90. The van der Waals surface area contributed by atoms with Crippen LogP contribution in [-0.2, 0) is 4.79 Å². The minimum Gasteiger partial charge on any atom is -0.481 e. The standard InChI is InChI=1S/C17H15NO3/c19-17(20)11-9-18(10-11)16-12-5-1-3-7-14(12)21-15-8-4-2-6-13(15)16/h1-8,11,16H,9-10H2,(H,19,20). The van der Waals surface area contributed by atoms with Crippen LogP contribution in [-0.4, -0.2) is 29.1 Å². The maximum atomic E-state index is 11.0. The Morgan fingerprint density at radius 1 is 1.00 bits per heavy atom. The van der Waals surface area contributed by atoms with Crippen LogP contribution < -0.4 is 4.74 Å². The summed E-state index contributed by atoms with van der Waals surface area (Å²) in [4.78, 5) is 13.3. The number of para-hydroxylation sites is 2. The second-order valence-electron chi connectivity index (χ2n) is 5.57. The summed E-state index contributed by atoms with van der Waals surface area (Å²) >= 11 is 0. The largest absolute Gasteiger partial charge is 0.481 e. The van der Waals surface area contributed by atoms with Crippen molar-refractivity contribution < 1.29 is 14.6 Å². The monoisotopic (exact) mass is 281 g/mol. The maximum Gasteiger partial charge on any atom is 0.309 e. The number of hydrogen-bond donors (Lipinski definition) is 1. The van der Waals surface area contributed by atoms with Gasteiger partial charge in [0, 0.05) is 24.2 Å². The Labute approximate surface area is 122 Å². The molecule has 1 N–H and O–H groups in total. The number of carboxylic acids is 1. The Balaban J connectivity index is 1.74. The van der Waals surface area contributed by atoms with Gasteiger partial charge in [-0.1, -0.05) is 36.4 Å². The first-order valence-electron chi connectivity index (χ1n) is 7.06. The number of benzene rings is 2. The van der Waals surface area contributed by atoms with Crippen molar-refractivity contribution in [2.24, 2.45) is 5.92 Å². The summed E-state index contributed by atoms with van der Waals surface area (Å²) in [6, 6.07) is 16.0. The van der Waals surface area contributed by atoms with E-state index in [2.05, 4.69) is 17.0 Å². The van der Waals surface area contributed by atoms with Gasteiger partial charge >= 0.3 is 5.97 Å². The Morgan fingerprint density at radius 3 is 2.05 bits per heavy atom. The van der Waals surface area contributed by atoms with Crippen LogP contribution in [0.5, 0.6) is 11.5 Å². The molecule has 0 aromatic heterocycles. The molecule has 106 valence electrons. The molecule has 4 rings (SSSR count). The van der Waals surface area contributed by atoms with Gasteiger partial charge in [0.15, 0.2) is 0 Å². The van der Waals surface area contributed by atoms with Gasteiger partial charge in [-0.2, -0.15) is 0 Å². The van der Waals surface area contributed by atoms with E-state index in [4.69, 9.17) is 9.84 Å². The molecule has 4 heteroatoms. The van der Waals surface area contributed by atoms with Gasteiger partial charge in [-0.3, -0.25) is 9.69 Å². The zero-order chi connectivity index (χ0) is 14.4. The molecule has 1 fully saturated rings. The normalized spacial score (nSPS) is 18.3. The van der Waals surface area contributed by atoms with Crippen LogP contribution in [0.4, 0.5) is 0 Å². The fourth-order valence-electron chi connectivity index (χ4n) is 3.16. The molecule has 2 heterocycles. The lowest BCUT2D eigenvalue weighted by molar-refractivity contribution is -0.148. The lowest BCUT2D eigenvalue weighted by atomic mass is 9.88. The van der Waals surface area contributed by atoms with Crippen molar-refractivity contribution in [3.05, 3.63) is 59.7 Å². The molecule has 21 heavy (non-hydrogen) atoms. The van der Waals surface area contributed by atoms with Crippen molar-refractivity contribution in [2.75, 3.05) is 13.1 Å². The van der Waals surface area contributed by atoms with E-state index in [9.17, 15) is 4.79 Å². The minimum absolute atomic E-state index is 0.0850. The first-order valence-corrected chi connectivity index (χ1v) is 7.06. The second-order valence-corrected chi connectivity index (χ2v) is 5.57.